The van der Waals surface area contributed by atoms with Gasteiger partial charge in [0, 0.05) is 13.7 Å². The molecule has 0 bridgehead atoms. The van der Waals surface area contributed by atoms with Crippen molar-refractivity contribution in [3.8, 4) is 0 Å². The highest BCUT2D eigenvalue weighted by atomic mass is 19.4. The fourth-order valence-corrected chi connectivity index (χ4v) is 1.95. The van der Waals surface area contributed by atoms with E-state index in [-0.39, 0.29) is 5.92 Å². The summed E-state index contributed by atoms with van der Waals surface area (Å²) >= 11 is 0. The maximum absolute atomic E-state index is 12.8. The summed E-state index contributed by atoms with van der Waals surface area (Å²) in [4.78, 5) is 0. The van der Waals surface area contributed by atoms with Gasteiger partial charge in [0.1, 0.15) is 0 Å². The average molecular weight is 275 g/mol. The maximum Gasteiger partial charge on any atom is 0.416 e. The van der Waals surface area contributed by atoms with Gasteiger partial charge in [-0.25, -0.2) is 0 Å². The monoisotopic (exact) mass is 275 g/mol. The number of hydrogen-bond donors (Lipinski definition) is 1. The minimum atomic E-state index is -4.28. The number of hydrogen-bond acceptors (Lipinski definition) is 2. The van der Waals surface area contributed by atoms with Crippen LogP contribution in [0.2, 0.25) is 0 Å². The molecule has 0 aliphatic carbocycles. The second-order valence-corrected chi connectivity index (χ2v) is 4.66. The number of nitrogens with one attached hydrogen (secondary N) is 1. The molecule has 1 aromatic rings. The Bertz CT molecular complexity index is 379. The van der Waals surface area contributed by atoms with E-state index in [2.05, 4.69) is 5.32 Å². The Balaban J connectivity index is 2.57. The van der Waals surface area contributed by atoms with Crippen LogP contribution in [0.25, 0.3) is 0 Å². The van der Waals surface area contributed by atoms with Crippen LogP contribution in [0.5, 0.6) is 0 Å². The third-order valence-electron chi connectivity index (χ3n) is 2.87. The fraction of sp³-hybridized carbons (Fsp3) is 0.571. The molecule has 0 saturated heterocycles. The normalized spacial score (nSPS) is 13.5. The number of rotatable bonds is 7. The van der Waals surface area contributed by atoms with Gasteiger partial charge in [0.15, 0.2) is 0 Å². The van der Waals surface area contributed by atoms with E-state index in [1.54, 1.807) is 19.2 Å². The Hall–Kier alpha value is -1.07. The highest BCUT2D eigenvalue weighted by Gasteiger charge is 2.32. The molecular weight excluding hydrogens is 255 g/mol. The van der Waals surface area contributed by atoms with Crippen molar-refractivity contribution in [1.29, 1.82) is 0 Å². The Labute approximate surface area is 112 Å². The molecule has 2 nitrogen and oxygen atoms in total. The number of halogens is 3. The predicted octanol–water partition coefficient (Wildman–Crippen LogP) is 3.12. The SMILES string of the molecule is COCCNCC(C)Cc1ccccc1C(F)(F)F. The molecule has 0 aliphatic rings. The lowest BCUT2D eigenvalue weighted by molar-refractivity contribution is -0.138. The number of methoxy groups -OCH3 is 1. The molecule has 1 unspecified atom stereocenters. The van der Waals surface area contributed by atoms with Gasteiger partial charge < -0.3 is 10.1 Å². The van der Waals surface area contributed by atoms with E-state index in [1.165, 1.54) is 6.07 Å². The fourth-order valence-electron chi connectivity index (χ4n) is 1.95. The maximum atomic E-state index is 12.8. The zero-order chi connectivity index (χ0) is 14.3. The molecule has 5 heteroatoms. The highest BCUT2D eigenvalue weighted by Crippen LogP contribution is 2.32. The first-order valence-corrected chi connectivity index (χ1v) is 6.30. The Kier molecular flexibility index (Phi) is 6.31. The van der Waals surface area contributed by atoms with Gasteiger partial charge in [-0.1, -0.05) is 25.1 Å². The third-order valence-corrected chi connectivity index (χ3v) is 2.87. The van der Waals surface area contributed by atoms with Gasteiger partial charge in [0.25, 0.3) is 0 Å². The molecule has 0 fully saturated rings. The molecule has 1 aromatic carbocycles. The van der Waals surface area contributed by atoms with Crippen molar-refractivity contribution in [2.24, 2.45) is 5.92 Å². The lowest BCUT2D eigenvalue weighted by atomic mass is 9.96. The predicted molar refractivity (Wildman–Crippen MR) is 69.1 cm³/mol. The van der Waals surface area contributed by atoms with Crippen molar-refractivity contribution in [2.75, 3.05) is 26.8 Å². The van der Waals surface area contributed by atoms with Gasteiger partial charge in [0.05, 0.1) is 12.2 Å². The zero-order valence-corrected chi connectivity index (χ0v) is 11.3. The molecule has 1 N–H and O–H groups in total. The largest absolute Gasteiger partial charge is 0.416 e. The number of alkyl halides is 3. The molecule has 0 spiro atoms. The Morgan fingerprint density at radius 2 is 1.95 bits per heavy atom. The third kappa shape index (κ3) is 5.61. The van der Waals surface area contributed by atoms with Crippen molar-refractivity contribution >= 4 is 0 Å². The first-order chi connectivity index (χ1) is 8.95. The summed E-state index contributed by atoms with van der Waals surface area (Å²) < 4.78 is 43.4. The van der Waals surface area contributed by atoms with E-state index in [0.717, 1.165) is 6.07 Å². The second kappa shape index (κ2) is 7.50. The lowest BCUT2D eigenvalue weighted by Crippen LogP contribution is -2.26. The summed E-state index contributed by atoms with van der Waals surface area (Å²) in [5, 5.41) is 3.16. The highest BCUT2D eigenvalue weighted by molar-refractivity contribution is 5.30. The van der Waals surface area contributed by atoms with Crippen molar-refractivity contribution in [3.05, 3.63) is 35.4 Å². The molecule has 0 saturated carbocycles. The second-order valence-electron chi connectivity index (χ2n) is 4.66. The summed E-state index contributed by atoms with van der Waals surface area (Å²) in [5.74, 6) is 0.139. The van der Waals surface area contributed by atoms with E-state index in [9.17, 15) is 13.2 Å². The van der Waals surface area contributed by atoms with Crippen molar-refractivity contribution < 1.29 is 17.9 Å². The van der Waals surface area contributed by atoms with Crippen LogP contribution in [0, 0.1) is 5.92 Å². The van der Waals surface area contributed by atoms with Crippen LogP contribution in [-0.2, 0) is 17.3 Å². The summed E-state index contributed by atoms with van der Waals surface area (Å²) in [7, 11) is 1.62. The molecule has 1 rings (SSSR count). The minimum Gasteiger partial charge on any atom is -0.383 e. The first-order valence-electron chi connectivity index (χ1n) is 6.30. The Morgan fingerprint density at radius 3 is 2.58 bits per heavy atom. The number of benzene rings is 1. The van der Waals surface area contributed by atoms with Crippen LogP contribution in [0.3, 0.4) is 0 Å². The van der Waals surface area contributed by atoms with Crippen LogP contribution in [0.1, 0.15) is 18.1 Å². The van der Waals surface area contributed by atoms with Gasteiger partial charge in [-0.2, -0.15) is 13.2 Å². The summed E-state index contributed by atoms with van der Waals surface area (Å²) in [5.41, 5.74) is -0.171. The minimum absolute atomic E-state index is 0.139. The van der Waals surface area contributed by atoms with E-state index in [4.69, 9.17) is 4.74 Å². The van der Waals surface area contributed by atoms with Crippen molar-refractivity contribution in [1.82, 2.24) is 5.32 Å². The number of ether oxygens (including phenoxy) is 1. The van der Waals surface area contributed by atoms with Crippen LogP contribution in [-0.4, -0.2) is 26.8 Å². The van der Waals surface area contributed by atoms with Gasteiger partial charge in [-0.05, 0) is 30.5 Å². The van der Waals surface area contributed by atoms with Gasteiger partial charge in [0.2, 0.25) is 0 Å². The standard InChI is InChI=1S/C14H20F3NO/c1-11(10-18-7-8-19-2)9-12-5-3-4-6-13(12)14(15,16)17/h3-6,11,18H,7-10H2,1-2H3. The summed E-state index contributed by atoms with van der Waals surface area (Å²) in [6.07, 6.45) is -3.87. The molecule has 0 aromatic heterocycles. The van der Waals surface area contributed by atoms with Gasteiger partial charge >= 0.3 is 6.18 Å². The van der Waals surface area contributed by atoms with E-state index < -0.39 is 11.7 Å². The van der Waals surface area contributed by atoms with Gasteiger partial charge in [-0.15, -0.1) is 0 Å². The van der Waals surface area contributed by atoms with Crippen LogP contribution < -0.4 is 5.32 Å². The van der Waals surface area contributed by atoms with Crippen molar-refractivity contribution in [3.63, 3.8) is 0 Å². The lowest BCUT2D eigenvalue weighted by Gasteiger charge is -2.17. The topological polar surface area (TPSA) is 21.3 Å². The van der Waals surface area contributed by atoms with E-state index >= 15 is 0 Å². The smallest absolute Gasteiger partial charge is 0.383 e. The quantitative estimate of drug-likeness (QED) is 0.772. The van der Waals surface area contributed by atoms with Gasteiger partial charge in [-0.3, -0.25) is 0 Å². The van der Waals surface area contributed by atoms with Crippen LogP contribution in [0.4, 0.5) is 13.2 Å². The average Bonchev–Trinajstić information content (AvgIpc) is 2.34. The van der Waals surface area contributed by atoms with Crippen LogP contribution in [0.15, 0.2) is 24.3 Å². The molecule has 0 heterocycles. The van der Waals surface area contributed by atoms with Crippen LogP contribution >= 0.6 is 0 Å². The summed E-state index contributed by atoms with van der Waals surface area (Å²) in [6, 6.07) is 5.76. The molecule has 1 atom stereocenters. The van der Waals surface area contributed by atoms with E-state index in [1.807, 2.05) is 6.92 Å². The zero-order valence-electron chi connectivity index (χ0n) is 11.3. The molecule has 0 aliphatic heterocycles. The first kappa shape index (κ1) is 16.0. The Morgan fingerprint density at radius 1 is 1.26 bits per heavy atom. The van der Waals surface area contributed by atoms with Crippen molar-refractivity contribution in [2.45, 2.75) is 19.5 Å². The summed E-state index contributed by atoms with van der Waals surface area (Å²) in [6.45, 7) is 3.93. The van der Waals surface area contributed by atoms with E-state index in [0.29, 0.717) is 31.7 Å². The molecular formula is C14H20F3NO. The molecule has 19 heavy (non-hydrogen) atoms. The molecule has 0 radical (unpaired) electrons. The molecule has 108 valence electrons. The molecule has 0 amide bonds.